The molecule has 0 radical (unpaired) electrons. The quantitative estimate of drug-likeness (QED) is 0.0261. The van der Waals surface area contributed by atoms with Gasteiger partial charge in [0.2, 0.25) is 0 Å². The predicted molar refractivity (Wildman–Crippen MR) is 358 cm³/mol. The highest BCUT2D eigenvalue weighted by Gasteiger charge is 2.19. The minimum Gasteiger partial charge on any atom is -0.462 e. The minimum atomic E-state index is -0.782. The first-order valence-electron chi connectivity index (χ1n) is 37.0. The lowest BCUT2D eigenvalue weighted by molar-refractivity contribution is -0.167. The van der Waals surface area contributed by atoms with Crippen LogP contribution in [0.15, 0.2) is 36.5 Å². The number of ether oxygens (including phenoxy) is 3. The standard InChI is InChI=1S/C76H142O6/c1-4-7-10-13-16-19-22-25-27-29-31-32-33-34-35-36-37-38-39-40-41-42-43-45-46-48-51-54-57-60-63-66-69-75(78)81-72-73(71-80-74(77)68-65-62-59-56-53-50-24-21-18-15-12-9-6-3)82-76(79)70-67-64-61-58-55-52-49-47-44-30-28-26-23-20-17-14-11-8-5-2/h9,12,18,21,50,53,73H,4-8,10-11,13-17,19-20,22-49,51-52,54-72H2,1-3H3/b12-9-,21-18-,53-50-. The Hall–Kier alpha value is -2.37. The lowest BCUT2D eigenvalue weighted by Crippen LogP contribution is -2.30. The first-order valence-corrected chi connectivity index (χ1v) is 37.0. The van der Waals surface area contributed by atoms with E-state index in [9.17, 15) is 14.4 Å². The van der Waals surface area contributed by atoms with E-state index in [-0.39, 0.29) is 31.1 Å². The second kappa shape index (κ2) is 71.1. The number of carbonyl (C=O) groups excluding carboxylic acids is 3. The molecule has 0 aliphatic rings. The van der Waals surface area contributed by atoms with Gasteiger partial charge in [-0.1, -0.05) is 378 Å². The maximum atomic E-state index is 12.9. The largest absolute Gasteiger partial charge is 0.462 e. The van der Waals surface area contributed by atoms with Crippen molar-refractivity contribution in [3.8, 4) is 0 Å². The molecule has 82 heavy (non-hydrogen) atoms. The fraction of sp³-hybridized carbons (Fsp3) is 0.882. The van der Waals surface area contributed by atoms with Crippen molar-refractivity contribution in [3.63, 3.8) is 0 Å². The zero-order valence-electron chi connectivity index (χ0n) is 55.5. The van der Waals surface area contributed by atoms with Crippen LogP contribution in [0.3, 0.4) is 0 Å². The van der Waals surface area contributed by atoms with Crippen LogP contribution in [-0.4, -0.2) is 37.2 Å². The molecule has 6 heteroatoms. The third kappa shape index (κ3) is 68.4. The Labute approximate surface area is 512 Å². The van der Waals surface area contributed by atoms with E-state index in [0.29, 0.717) is 19.3 Å². The van der Waals surface area contributed by atoms with Crippen LogP contribution in [0.25, 0.3) is 0 Å². The van der Waals surface area contributed by atoms with Crippen LogP contribution in [-0.2, 0) is 28.6 Å². The van der Waals surface area contributed by atoms with E-state index in [1.54, 1.807) is 0 Å². The van der Waals surface area contributed by atoms with Crippen molar-refractivity contribution in [1.82, 2.24) is 0 Å². The number of allylic oxidation sites excluding steroid dienone is 6. The van der Waals surface area contributed by atoms with Crippen molar-refractivity contribution in [3.05, 3.63) is 36.5 Å². The van der Waals surface area contributed by atoms with E-state index in [2.05, 4.69) is 57.2 Å². The third-order valence-electron chi connectivity index (χ3n) is 16.9. The summed E-state index contributed by atoms with van der Waals surface area (Å²) in [5.41, 5.74) is 0. The molecule has 0 aromatic rings. The van der Waals surface area contributed by atoms with Crippen molar-refractivity contribution in [2.24, 2.45) is 0 Å². The summed E-state index contributed by atoms with van der Waals surface area (Å²) in [4.78, 5) is 38.4. The van der Waals surface area contributed by atoms with Crippen LogP contribution in [0.1, 0.15) is 412 Å². The Kier molecular flexibility index (Phi) is 69.1. The van der Waals surface area contributed by atoms with Crippen molar-refractivity contribution >= 4 is 17.9 Å². The fourth-order valence-electron chi connectivity index (χ4n) is 11.4. The van der Waals surface area contributed by atoms with Gasteiger partial charge >= 0.3 is 17.9 Å². The van der Waals surface area contributed by atoms with Crippen LogP contribution in [0.2, 0.25) is 0 Å². The number of esters is 3. The zero-order valence-corrected chi connectivity index (χ0v) is 55.5. The Morgan fingerprint density at radius 3 is 0.744 bits per heavy atom. The molecule has 0 bridgehead atoms. The zero-order chi connectivity index (χ0) is 59.2. The van der Waals surface area contributed by atoms with Gasteiger partial charge in [-0.05, 0) is 51.4 Å². The molecule has 0 saturated carbocycles. The van der Waals surface area contributed by atoms with Gasteiger partial charge in [0.1, 0.15) is 13.2 Å². The van der Waals surface area contributed by atoms with Crippen molar-refractivity contribution < 1.29 is 28.6 Å². The summed E-state index contributed by atoms with van der Waals surface area (Å²) >= 11 is 0. The average Bonchev–Trinajstić information content (AvgIpc) is 3.47. The number of hydrogen-bond donors (Lipinski definition) is 0. The normalized spacial score (nSPS) is 12.2. The minimum absolute atomic E-state index is 0.0758. The number of rotatable bonds is 69. The molecule has 0 aromatic heterocycles. The summed E-state index contributed by atoms with van der Waals surface area (Å²) in [5.74, 6) is -0.876. The molecule has 0 rings (SSSR count). The summed E-state index contributed by atoms with van der Waals surface area (Å²) in [5, 5.41) is 0. The average molecular weight is 1150 g/mol. The highest BCUT2D eigenvalue weighted by Crippen LogP contribution is 2.19. The van der Waals surface area contributed by atoms with Crippen LogP contribution in [0, 0.1) is 0 Å². The molecule has 0 aromatic carbocycles. The molecule has 1 atom stereocenters. The molecular weight excluding hydrogens is 1010 g/mol. The van der Waals surface area contributed by atoms with E-state index >= 15 is 0 Å². The molecule has 0 heterocycles. The maximum absolute atomic E-state index is 12.9. The van der Waals surface area contributed by atoms with Crippen molar-refractivity contribution in [2.45, 2.75) is 419 Å². The van der Waals surface area contributed by atoms with E-state index < -0.39 is 6.10 Å². The van der Waals surface area contributed by atoms with Gasteiger partial charge in [0, 0.05) is 19.3 Å². The van der Waals surface area contributed by atoms with Gasteiger partial charge in [0.15, 0.2) is 6.10 Å². The summed E-state index contributed by atoms with van der Waals surface area (Å²) in [7, 11) is 0. The molecule has 0 aliphatic carbocycles. The van der Waals surface area contributed by atoms with Crippen LogP contribution >= 0.6 is 0 Å². The third-order valence-corrected chi connectivity index (χ3v) is 16.9. The van der Waals surface area contributed by atoms with Gasteiger partial charge in [0.05, 0.1) is 0 Å². The molecule has 482 valence electrons. The second-order valence-corrected chi connectivity index (χ2v) is 25.2. The monoisotopic (exact) mass is 1150 g/mol. The molecule has 0 fully saturated rings. The van der Waals surface area contributed by atoms with Crippen LogP contribution in [0.4, 0.5) is 0 Å². The Morgan fingerprint density at radius 1 is 0.256 bits per heavy atom. The van der Waals surface area contributed by atoms with Crippen molar-refractivity contribution in [2.75, 3.05) is 13.2 Å². The SMILES string of the molecule is CC/C=C\C/C=C\C/C=C\CCCCCC(=O)OCC(COC(=O)CCCCCCCCCCCCCCCCCCCCCCCCCCCCCCCCCC)OC(=O)CCCCCCCCCCCCCCCCCCCCC. The fourth-order valence-corrected chi connectivity index (χ4v) is 11.4. The van der Waals surface area contributed by atoms with E-state index in [1.165, 1.54) is 289 Å². The number of unbranched alkanes of at least 4 members (excludes halogenated alkanes) is 52. The first-order chi connectivity index (χ1) is 40.5. The molecule has 0 N–H and O–H groups in total. The first kappa shape index (κ1) is 79.6. The van der Waals surface area contributed by atoms with Gasteiger partial charge < -0.3 is 14.2 Å². The Balaban J connectivity index is 4.12. The van der Waals surface area contributed by atoms with Gasteiger partial charge in [-0.3, -0.25) is 14.4 Å². The predicted octanol–water partition coefficient (Wildman–Crippen LogP) is 25.5. The smallest absolute Gasteiger partial charge is 0.306 e. The van der Waals surface area contributed by atoms with E-state index in [0.717, 1.165) is 83.5 Å². The Morgan fingerprint density at radius 2 is 0.476 bits per heavy atom. The Bertz CT molecular complexity index is 1370. The molecule has 0 spiro atoms. The van der Waals surface area contributed by atoms with Crippen LogP contribution < -0.4 is 0 Å². The summed E-state index contributed by atoms with van der Waals surface area (Å²) < 4.78 is 17.0. The lowest BCUT2D eigenvalue weighted by Gasteiger charge is -2.18. The van der Waals surface area contributed by atoms with Crippen molar-refractivity contribution in [1.29, 1.82) is 0 Å². The van der Waals surface area contributed by atoms with Crippen LogP contribution in [0.5, 0.6) is 0 Å². The van der Waals surface area contributed by atoms with Gasteiger partial charge in [-0.15, -0.1) is 0 Å². The molecule has 6 nitrogen and oxygen atoms in total. The molecule has 1 unspecified atom stereocenters. The highest BCUT2D eigenvalue weighted by molar-refractivity contribution is 5.71. The molecular formula is C76H142O6. The number of carbonyl (C=O) groups is 3. The van der Waals surface area contributed by atoms with E-state index in [1.807, 2.05) is 0 Å². The van der Waals surface area contributed by atoms with Gasteiger partial charge in [-0.2, -0.15) is 0 Å². The summed E-state index contributed by atoms with van der Waals surface area (Å²) in [6, 6.07) is 0. The molecule has 0 saturated heterocycles. The maximum Gasteiger partial charge on any atom is 0.306 e. The molecule has 0 amide bonds. The summed E-state index contributed by atoms with van der Waals surface area (Å²) in [6.07, 6.45) is 89.3. The second-order valence-electron chi connectivity index (χ2n) is 25.2. The van der Waals surface area contributed by atoms with E-state index in [4.69, 9.17) is 14.2 Å². The van der Waals surface area contributed by atoms with Gasteiger partial charge in [-0.25, -0.2) is 0 Å². The topological polar surface area (TPSA) is 78.9 Å². The summed E-state index contributed by atoms with van der Waals surface area (Å²) in [6.45, 7) is 6.58. The van der Waals surface area contributed by atoms with Gasteiger partial charge in [0.25, 0.3) is 0 Å². The highest BCUT2D eigenvalue weighted by atomic mass is 16.6. The molecule has 0 aliphatic heterocycles. The number of hydrogen-bond acceptors (Lipinski definition) is 6. The lowest BCUT2D eigenvalue weighted by atomic mass is 10.0.